The van der Waals surface area contributed by atoms with Crippen LogP contribution in [0.2, 0.25) is 0 Å². The standard InChI is InChI=1S/C22H24O2/c1-21(2)9-10-22(3,4)20-12-16(7-8-19(20)21)18-11-15(13-23)5-6-17(18)14-24/h5-8,11-14H,9-10H2,1-4H3. The van der Waals surface area contributed by atoms with Crippen molar-refractivity contribution in [1.82, 2.24) is 0 Å². The van der Waals surface area contributed by atoms with Crippen molar-refractivity contribution in [1.29, 1.82) is 0 Å². The Labute approximate surface area is 143 Å². The molecule has 2 aromatic rings. The molecule has 0 saturated heterocycles. The SMILES string of the molecule is CC1(C)CCC(C)(C)c2cc(-c3cc(C=O)ccc3C=O)ccc21. The molecule has 0 fully saturated rings. The number of aldehydes is 2. The van der Waals surface area contributed by atoms with Gasteiger partial charge in [-0.3, -0.25) is 9.59 Å². The van der Waals surface area contributed by atoms with E-state index in [0.717, 1.165) is 30.1 Å². The predicted molar refractivity (Wildman–Crippen MR) is 97.9 cm³/mol. The summed E-state index contributed by atoms with van der Waals surface area (Å²) in [7, 11) is 0. The largest absolute Gasteiger partial charge is 0.298 e. The number of carbonyl (C=O) groups excluding carboxylic acids is 2. The predicted octanol–water partition coefficient (Wildman–Crippen LogP) is 5.33. The molecule has 124 valence electrons. The zero-order valence-electron chi connectivity index (χ0n) is 14.8. The van der Waals surface area contributed by atoms with Crippen molar-refractivity contribution in [2.45, 2.75) is 51.4 Å². The van der Waals surface area contributed by atoms with Crippen molar-refractivity contribution in [2.75, 3.05) is 0 Å². The maximum atomic E-state index is 11.4. The number of hydrogen-bond acceptors (Lipinski definition) is 2. The van der Waals surface area contributed by atoms with Crippen molar-refractivity contribution in [2.24, 2.45) is 0 Å². The minimum Gasteiger partial charge on any atom is -0.298 e. The first-order valence-electron chi connectivity index (χ1n) is 8.48. The molecule has 0 amide bonds. The van der Waals surface area contributed by atoms with Gasteiger partial charge in [0.25, 0.3) is 0 Å². The van der Waals surface area contributed by atoms with Crippen molar-refractivity contribution >= 4 is 12.6 Å². The topological polar surface area (TPSA) is 34.1 Å². The Hall–Kier alpha value is -2.22. The molecule has 2 aromatic carbocycles. The first-order chi connectivity index (χ1) is 11.3. The highest BCUT2D eigenvalue weighted by molar-refractivity contribution is 5.91. The van der Waals surface area contributed by atoms with E-state index < -0.39 is 0 Å². The third-order valence-electron chi connectivity index (χ3n) is 5.50. The highest BCUT2D eigenvalue weighted by Crippen LogP contribution is 2.46. The zero-order valence-corrected chi connectivity index (χ0v) is 14.8. The Balaban J connectivity index is 2.22. The summed E-state index contributed by atoms with van der Waals surface area (Å²) in [6.07, 6.45) is 4.00. The smallest absolute Gasteiger partial charge is 0.150 e. The molecule has 0 N–H and O–H groups in total. The Morgan fingerprint density at radius 2 is 1.46 bits per heavy atom. The van der Waals surface area contributed by atoms with Crippen molar-refractivity contribution < 1.29 is 9.59 Å². The van der Waals surface area contributed by atoms with E-state index in [1.54, 1.807) is 18.2 Å². The lowest BCUT2D eigenvalue weighted by molar-refractivity contribution is 0.111. The minimum absolute atomic E-state index is 0.116. The van der Waals surface area contributed by atoms with Crippen LogP contribution in [0.25, 0.3) is 11.1 Å². The molecule has 0 radical (unpaired) electrons. The molecule has 0 bridgehead atoms. The van der Waals surface area contributed by atoms with Crippen molar-refractivity contribution in [3.05, 3.63) is 58.7 Å². The highest BCUT2D eigenvalue weighted by Gasteiger charge is 2.37. The van der Waals surface area contributed by atoms with Crippen molar-refractivity contribution in [3.8, 4) is 11.1 Å². The fourth-order valence-corrected chi connectivity index (χ4v) is 3.76. The molecule has 0 aromatic heterocycles. The fraction of sp³-hybridized carbons (Fsp3) is 0.364. The van der Waals surface area contributed by atoms with Gasteiger partial charge in [-0.25, -0.2) is 0 Å². The molecular formula is C22H24O2. The zero-order chi connectivity index (χ0) is 17.5. The molecule has 0 saturated carbocycles. The first kappa shape index (κ1) is 16.6. The van der Waals surface area contributed by atoms with Crippen LogP contribution < -0.4 is 0 Å². The number of fused-ring (bicyclic) bond motifs is 1. The molecule has 0 atom stereocenters. The molecule has 0 aliphatic heterocycles. The first-order valence-corrected chi connectivity index (χ1v) is 8.48. The van der Waals surface area contributed by atoms with Crippen LogP contribution in [0, 0.1) is 0 Å². The van der Waals surface area contributed by atoms with Crippen molar-refractivity contribution in [3.63, 3.8) is 0 Å². The Kier molecular flexibility index (Phi) is 3.95. The summed E-state index contributed by atoms with van der Waals surface area (Å²) in [5, 5.41) is 0. The number of rotatable bonds is 3. The highest BCUT2D eigenvalue weighted by atomic mass is 16.1. The van der Waals surface area contributed by atoms with Crippen LogP contribution in [-0.4, -0.2) is 12.6 Å². The summed E-state index contributed by atoms with van der Waals surface area (Å²) in [6, 6.07) is 11.7. The van der Waals surface area contributed by atoms with Gasteiger partial charge in [0.05, 0.1) is 0 Å². The van der Waals surface area contributed by atoms with Gasteiger partial charge in [-0.15, -0.1) is 0 Å². The van der Waals surface area contributed by atoms with E-state index in [-0.39, 0.29) is 10.8 Å². The third kappa shape index (κ3) is 2.71. The van der Waals surface area contributed by atoms with Crippen LogP contribution in [0.5, 0.6) is 0 Å². The lowest BCUT2D eigenvalue weighted by Gasteiger charge is -2.42. The molecule has 1 aliphatic carbocycles. The van der Waals surface area contributed by atoms with Crippen LogP contribution in [0.15, 0.2) is 36.4 Å². The van der Waals surface area contributed by atoms with Gasteiger partial charge in [0.15, 0.2) is 6.29 Å². The van der Waals surface area contributed by atoms with E-state index in [1.807, 2.05) is 0 Å². The minimum atomic E-state index is 0.116. The average molecular weight is 320 g/mol. The average Bonchev–Trinajstić information content (AvgIpc) is 2.58. The molecule has 1 aliphatic rings. The Morgan fingerprint density at radius 3 is 2.08 bits per heavy atom. The number of benzene rings is 2. The van der Waals surface area contributed by atoms with E-state index >= 15 is 0 Å². The van der Waals surface area contributed by atoms with Gasteiger partial charge >= 0.3 is 0 Å². The molecule has 3 rings (SSSR count). The van der Waals surface area contributed by atoms with E-state index in [4.69, 9.17) is 0 Å². The second-order valence-electron chi connectivity index (χ2n) is 8.11. The second-order valence-corrected chi connectivity index (χ2v) is 8.11. The molecular weight excluding hydrogens is 296 g/mol. The van der Waals surface area contributed by atoms with Crippen LogP contribution in [0.1, 0.15) is 72.4 Å². The monoisotopic (exact) mass is 320 g/mol. The summed E-state index contributed by atoms with van der Waals surface area (Å²) < 4.78 is 0. The number of carbonyl (C=O) groups is 2. The van der Waals surface area contributed by atoms with E-state index in [2.05, 4.69) is 45.9 Å². The van der Waals surface area contributed by atoms with Gasteiger partial charge in [-0.1, -0.05) is 58.0 Å². The Morgan fingerprint density at radius 1 is 0.792 bits per heavy atom. The van der Waals surface area contributed by atoms with Gasteiger partial charge in [0, 0.05) is 11.1 Å². The molecule has 0 unspecified atom stereocenters. The summed E-state index contributed by atoms with van der Waals surface area (Å²) in [5.41, 5.74) is 6.07. The van der Waals surface area contributed by atoms with E-state index in [9.17, 15) is 9.59 Å². The summed E-state index contributed by atoms with van der Waals surface area (Å²) in [6.45, 7) is 9.16. The maximum Gasteiger partial charge on any atom is 0.150 e. The summed E-state index contributed by atoms with van der Waals surface area (Å²) in [5.74, 6) is 0. The van der Waals surface area contributed by atoms with Gasteiger partial charge in [-0.05, 0) is 52.0 Å². The van der Waals surface area contributed by atoms with Gasteiger partial charge < -0.3 is 0 Å². The molecule has 24 heavy (non-hydrogen) atoms. The van der Waals surface area contributed by atoms with E-state index in [1.165, 1.54) is 17.5 Å². The molecule has 2 nitrogen and oxygen atoms in total. The van der Waals surface area contributed by atoms with E-state index in [0.29, 0.717) is 11.1 Å². The molecule has 0 spiro atoms. The van der Waals surface area contributed by atoms with Crippen LogP contribution in [0.4, 0.5) is 0 Å². The summed E-state index contributed by atoms with van der Waals surface area (Å²) >= 11 is 0. The van der Waals surface area contributed by atoms with Crippen LogP contribution in [0.3, 0.4) is 0 Å². The molecule has 2 heteroatoms. The lowest BCUT2D eigenvalue weighted by atomic mass is 9.63. The quantitative estimate of drug-likeness (QED) is 0.717. The van der Waals surface area contributed by atoms with Crippen LogP contribution in [-0.2, 0) is 10.8 Å². The van der Waals surface area contributed by atoms with Crippen LogP contribution >= 0.6 is 0 Å². The van der Waals surface area contributed by atoms with Gasteiger partial charge in [0.1, 0.15) is 6.29 Å². The lowest BCUT2D eigenvalue weighted by Crippen LogP contribution is -2.33. The summed E-state index contributed by atoms with van der Waals surface area (Å²) in [4.78, 5) is 22.6. The third-order valence-corrected chi connectivity index (χ3v) is 5.50. The van der Waals surface area contributed by atoms with Gasteiger partial charge in [0.2, 0.25) is 0 Å². The normalized spacial score (nSPS) is 17.8. The number of hydrogen-bond donors (Lipinski definition) is 0. The fourth-order valence-electron chi connectivity index (χ4n) is 3.76. The second kappa shape index (κ2) is 5.70. The maximum absolute atomic E-state index is 11.4. The Bertz CT molecular complexity index is 813. The molecule has 0 heterocycles. The van der Waals surface area contributed by atoms with Gasteiger partial charge in [-0.2, -0.15) is 0 Å².